The average Bonchev–Trinajstić information content (AvgIpc) is 3.02. The van der Waals surface area contributed by atoms with Gasteiger partial charge in [-0.05, 0) is 12.5 Å². The summed E-state index contributed by atoms with van der Waals surface area (Å²) in [6.45, 7) is 2.64. The summed E-state index contributed by atoms with van der Waals surface area (Å²) in [5, 5.41) is 2.57. The van der Waals surface area contributed by atoms with Crippen molar-refractivity contribution in [1.82, 2.24) is 10.2 Å². The summed E-state index contributed by atoms with van der Waals surface area (Å²) in [4.78, 5) is 37.6. The molecule has 1 fully saturated rings. The minimum absolute atomic E-state index is 0.0807. The van der Waals surface area contributed by atoms with Gasteiger partial charge in [-0.1, -0.05) is 30.3 Å². The van der Waals surface area contributed by atoms with E-state index in [9.17, 15) is 14.4 Å². The number of methoxy groups -OCH3 is 1. The number of hydrogen-bond acceptors (Lipinski definition) is 5. The number of carbonyl (C=O) groups excluding carboxylic acids is 3. The second-order valence-corrected chi connectivity index (χ2v) is 5.98. The number of ether oxygens (including phenoxy) is 2. The van der Waals surface area contributed by atoms with Gasteiger partial charge in [0.2, 0.25) is 5.91 Å². The number of carbonyl (C=O) groups is 3. The maximum absolute atomic E-state index is 12.2. The van der Waals surface area contributed by atoms with Crippen molar-refractivity contribution in [3.05, 3.63) is 35.9 Å². The zero-order valence-corrected chi connectivity index (χ0v) is 14.6. The molecule has 1 aliphatic heterocycles. The van der Waals surface area contributed by atoms with Crippen LogP contribution in [0.15, 0.2) is 30.3 Å². The third kappa shape index (κ3) is 5.29. The number of nitrogens with zero attached hydrogens (tertiary/aromatic N) is 1. The predicted octanol–water partition coefficient (Wildman–Crippen LogP) is 0.902. The van der Waals surface area contributed by atoms with Gasteiger partial charge in [0.1, 0.15) is 0 Å². The van der Waals surface area contributed by atoms with Crippen LogP contribution in [0.25, 0.3) is 0 Å². The highest BCUT2D eigenvalue weighted by Crippen LogP contribution is 2.28. The van der Waals surface area contributed by atoms with E-state index in [0.717, 1.165) is 5.56 Å². The van der Waals surface area contributed by atoms with Gasteiger partial charge in [0, 0.05) is 26.6 Å². The van der Waals surface area contributed by atoms with Crippen LogP contribution in [-0.4, -0.2) is 56.1 Å². The molecule has 1 aromatic carbocycles. The first-order chi connectivity index (χ1) is 12.0. The van der Waals surface area contributed by atoms with E-state index in [-0.39, 0.29) is 30.9 Å². The molecule has 1 saturated heterocycles. The summed E-state index contributed by atoms with van der Waals surface area (Å²) in [6.07, 6.45) is 0.112. The molecule has 0 saturated carbocycles. The van der Waals surface area contributed by atoms with Crippen LogP contribution in [-0.2, 0) is 23.9 Å². The van der Waals surface area contributed by atoms with Crippen molar-refractivity contribution in [3.8, 4) is 0 Å². The van der Waals surface area contributed by atoms with E-state index < -0.39 is 11.9 Å². The standard InChI is InChI=1S/C18H24N2O5/c1-13(14-6-4-3-5-7-14)20-11-15(10-17(20)22)18(23)25-12-16(21)19-8-9-24-2/h3-7,13,15H,8-12H2,1-2H3,(H,19,21)/t13-,15-/m1/s1. The molecule has 7 heteroatoms. The Kier molecular flexibility index (Phi) is 6.94. The fraction of sp³-hybridized carbons (Fsp3) is 0.500. The van der Waals surface area contributed by atoms with Gasteiger partial charge in [-0.25, -0.2) is 0 Å². The van der Waals surface area contributed by atoms with Crippen LogP contribution >= 0.6 is 0 Å². The van der Waals surface area contributed by atoms with Gasteiger partial charge in [-0.3, -0.25) is 14.4 Å². The van der Waals surface area contributed by atoms with Crippen molar-refractivity contribution in [1.29, 1.82) is 0 Å². The molecule has 0 radical (unpaired) electrons. The fourth-order valence-electron chi connectivity index (χ4n) is 2.77. The van der Waals surface area contributed by atoms with Crippen LogP contribution in [0.5, 0.6) is 0 Å². The van der Waals surface area contributed by atoms with E-state index in [4.69, 9.17) is 9.47 Å². The molecular formula is C18H24N2O5. The first-order valence-corrected chi connectivity index (χ1v) is 8.29. The monoisotopic (exact) mass is 348 g/mol. The van der Waals surface area contributed by atoms with Gasteiger partial charge in [0.15, 0.2) is 6.61 Å². The Hall–Kier alpha value is -2.41. The number of esters is 1. The van der Waals surface area contributed by atoms with Crippen LogP contribution in [0.1, 0.15) is 24.9 Å². The molecule has 0 spiro atoms. The SMILES string of the molecule is COCCNC(=O)COC(=O)[C@@H]1CC(=O)N([C@H](C)c2ccccc2)C1. The third-order valence-corrected chi connectivity index (χ3v) is 4.22. The molecule has 25 heavy (non-hydrogen) atoms. The Morgan fingerprint density at radius 1 is 1.32 bits per heavy atom. The van der Waals surface area contributed by atoms with Crippen LogP contribution in [0, 0.1) is 5.92 Å². The molecule has 1 aromatic rings. The highest BCUT2D eigenvalue weighted by Gasteiger charge is 2.38. The largest absolute Gasteiger partial charge is 0.455 e. The van der Waals surface area contributed by atoms with E-state index in [1.165, 1.54) is 7.11 Å². The summed E-state index contributed by atoms with van der Waals surface area (Å²) < 4.78 is 9.85. The first kappa shape index (κ1) is 18.9. The normalized spacial score (nSPS) is 18.1. The minimum Gasteiger partial charge on any atom is -0.455 e. The predicted molar refractivity (Wildman–Crippen MR) is 90.5 cm³/mol. The lowest BCUT2D eigenvalue weighted by molar-refractivity contribution is -0.152. The quantitative estimate of drug-likeness (QED) is 0.557. The second kappa shape index (κ2) is 9.17. The lowest BCUT2D eigenvalue weighted by Gasteiger charge is -2.25. The summed E-state index contributed by atoms with van der Waals surface area (Å²) >= 11 is 0. The first-order valence-electron chi connectivity index (χ1n) is 8.29. The maximum atomic E-state index is 12.2. The van der Waals surface area contributed by atoms with Crippen LogP contribution < -0.4 is 5.32 Å². The Morgan fingerprint density at radius 2 is 2.04 bits per heavy atom. The van der Waals surface area contributed by atoms with Gasteiger partial charge in [-0.2, -0.15) is 0 Å². The molecule has 0 bridgehead atoms. The molecule has 2 atom stereocenters. The lowest BCUT2D eigenvalue weighted by atomic mass is 10.1. The van der Waals surface area contributed by atoms with Crippen molar-refractivity contribution < 1.29 is 23.9 Å². The van der Waals surface area contributed by atoms with Crippen molar-refractivity contribution in [2.45, 2.75) is 19.4 Å². The molecule has 2 amide bonds. The molecule has 2 rings (SSSR count). The van der Waals surface area contributed by atoms with E-state index in [1.807, 2.05) is 37.3 Å². The van der Waals surface area contributed by atoms with Crippen molar-refractivity contribution in [2.24, 2.45) is 5.92 Å². The number of hydrogen-bond donors (Lipinski definition) is 1. The van der Waals surface area contributed by atoms with Crippen molar-refractivity contribution >= 4 is 17.8 Å². The molecular weight excluding hydrogens is 324 g/mol. The summed E-state index contributed by atoms with van der Waals surface area (Å²) in [5.41, 5.74) is 1.02. The van der Waals surface area contributed by atoms with E-state index in [0.29, 0.717) is 19.7 Å². The highest BCUT2D eigenvalue weighted by molar-refractivity contribution is 5.88. The van der Waals surface area contributed by atoms with E-state index in [2.05, 4.69) is 5.32 Å². The average molecular weight is 348 g/mol. The van der Waals surface area contributed by atoms with Gasteiger partial charge in [0.05, 0.1) is 18.6 Å². The topological polar surface area (TPSA) is 84.9 Å². The molecule has 0 aliphatic carbocycles. The third-order valence-electron chi connectivity index (χ3n) is 4.22. The Morgan fingerprint density at radius 3 is 2.72 bits per heavy atom. The van der Waals surface area contributed by atoms with Crippen LogP contribution in [0.3, 0.4) is 0 Å². The van der Waals surface area contributed by atoms with E-state index >= 15 is 0 Å². The van der Waals surface area contributed by atoms with Gasteiger partial charge < -0.3 is 19.7 Å². The zero-order chi connectivity index (χ0) is 18.2. The van der Waals surface area contributed by atoms with Crippen molar-refractivity contribution in [3.63, 3.8) is 0 Å². The number of amides is 2. The summed E-state index contributed by atoms with van der Waals surface area (Å²) in [7, 11) is 1.53. The zero-order valence-electron chi connectivity index (χ0n) is 14.6. The molecule has 1 heterocycles. The summed E-state index contributed by atoms with van der Waals surface area (Å²) in [6, 6.07) is 9.55. The fourth-order valence-corrected chi connectivity index (χ4v) is 2.77. The number of benzene rings is 1. The number of rotatable bonds is 8. The summed E-state index contributed by atoms with van der Waals surface area (Å²) in [5.74, 6) is -1.52. The second-order valence-electron chi connectivity index (χ2n) is 5.98. The van der Waals surface area contributed by atoms with Gasteiger partial charge in [-0.15, -0.1) is 0 Å². The molecule has 7 nitrogen and oxygen atoms in total. The van der Waals surface area contributed by atoms with Crippen LogP contribution in [0.2, 0.25) is 0 Å². The van der Waals surface area contributed by atoms with Gasteiger partial charge >= 0.3 is 5.97 Å². The number of likely N-dealkylation sites (tertiary alicyclic amines) is 1. The lowest BCUT2D eigenvalue weighted by Crippen LogP contribution is -2.33. The minimum atomic E-state index is -0.537. The smallest absolute Gasteiger partial charge is 0.311 e. The molecule has 1 aliphatic rings. The molecule has 0 aromatic heterocycles. The van der Waals surface area contributed by atoms with Gasteiger partial charge in [0.25, 0.3) is 5.91 Å². The van der Waals surface area contributed by atoms with Crippen LogP contribution in [0.4, 0.5) is 0 Å². The Bertz CT molecular complexity index is 605. The number of nitrogens with one attached hydrogen (secondary N) is 1. The molecule has 1 N–H and O–H groups in total. The van der Waals surface area contributed by atoms with Crippen molar-refractivity contribution in [2.75, 3.05) is 33.4 Å². The van der Waals surface area contributed by atoms with E-state index in [1.54, 1.807) is 4.90 Å². The Labute approximate surface area is 147 Å². The highest BCUT2D eigenvalue weighted by atomic mass is 16.5. The Balaban J connectivity index is 1.83. The maximum Gasteiger partial charge on any atom is 0.311 e. The molecule has 136 valence electrons. The molecule has 0 unspecified atom stereocenters.